The minimum Gasteiger partial charge on any atom is -0.374 e. The lowest BCUT2D eigenvalue weighted by molar-refractivity contribution is 0.109. The van der Waals surface area contributed by atoms with Crippen LogP contribution in [0.1, 0.15) is 43.1 Å². The molecule has 5 nitrogen and oxygen atoms in total. The first-order valence-electron chi connectivity index (χ1n) is 6.99. The zero-order valence-electron chi connectivity index (χ0n) is 12.1. The van der Waals surface area contributed by atoms with Crippen LogP contribution in [0.3, 0.4) is 0 Å². The SMILES string of the molecule is COC(C)c1noc(CNC2(c3cccc(Cl)c3)CC2)n1. The van der Waals surface area contributed by atoms with Gasteiger partial charge >= 0.3 is 0 Å². The molecule has 0 amide bonds. The van der Waals surface area contributed by atoms with E-state index in [4.69, 9.17) is 20.9 Å². The van der Waals surface area contributed by atoms with E-state index >= 15 is 0 Å². The fourth-order valence-electron chi connectivity index (χ4n) is 2.33. The molecule has 1 aromatic carbocycles. The summed E-state index contributed by atoms with van der Waals surface area (Å²) in [4.78, 5) is 4.33. The minimum atomic E-state index is -0.162. The van der Waals surface area contributed by atoms with Gasteiger partial charge in [0.1, 0.15) is 6.10 Å². The second kappa shape index (κ2) is 5.75. The van der Waals surface area contributed by atoms with Gasteiger partial charge in [-0.2, -0.15) is 4.98 Å². The highest BCUT2D eigenvalue weighted by Crippen LogP contribution is 2.46. The van der Waals surface area contributed by atoms with Gasteiger partial charge in [-0.1, -0.05) is 28.9 Å². The summed E-state index contributed by atoms with van der Waals surface area (Å²) in [6.45, 7) is 2.42. The Labute approximate surface area is 128 Å². The number of halogens is 1. The van der Waals surface area contributed by atoms with Crippen LogP contribution in [-0.4, -0.2) is 17.3 Å². The van der Waals surface area contributed by atoms with Crippen molar-refractivity contribution in [2.24, 2.45) is 0 Å². The molecule has 1 saturated carbocycles. The number of aromatic nitrogens is 2. The molecule has 1 aliphatic rings. The normalized spacial score (nSPS) is 17.7. The Kier molecular flexibility index (Phi) is 3.97. The van der Waals surface area contributed by atoms with E-state index in [1.54, 1.807) is 7.11 Å². The quantitative estimate of drug-likeness (QED) is 0.888. The van der Waals surface area contributed by atoms with Gasteiger partial charge in [0.25, 0.3) is 0 Å². The molecular formula is C15H18ClN3O2. The summed E-state index contributed by atoms with van der Waals surface area (Å²) < 4.78 is 10.4. The number of hydrogen-bond acceptors (Lipinski definition) is 5. The Morgan fingerprint density at radius 2 is 2.29 bits per heavy atom. The Morgan fingerprint density at radius 1 is 1.48 bits per heavy atom. The van der Waals surface area contributed by atoms with Crippen molar-refractivity contribution in [1.82, 2.24) is 15.5 Å². The van der Waals surface area contributed by atoms with Gasteiger partial charge in [-0.15, -0.1) is 0 Å². The van der Waals surface area contributed by atoms with Crippen LogP contribution >= 0.6 is 11.6 Å². The highest BCUT2D eigenvalue weighted by atomic mass is 35.5. The maximum absolute atomic E-state index is 6.07. The van der Waals surface area contributed by atoms with Crippen molar-refractivity contribution in [3.63, 3.8) is 0 Å². The molecule has 0 spiro atoms. The van der Waals surface area contributed by atoms with Gasteiger partial charge in [0, 0.05) is 17.7 Å². The second-order valence-electron chi connectivity index (χ2n) is 5.37. The third kappa shape index (κ3) is 3.10. The lowest BCUT2D eigenvalue weighted by Crippen LogP contribution is -2.28. The first-order chi connectivity index (χ1) is 10.1. The summed E-state index contributed by atoms with van der Waals surface area (Å²) in [7, 11) is 1.62. The lowest BCUT2D eigenvalue weighted by atomic mass is 10.1. The van der Waals surface area contributed by atoms with Crippen LogP contribution in [0.25, 0.3) is 0 Å². The molecule has 0 radical (unpaired) electrons. The monoisotopic (exact) mass is 307 g/mol. The Bertz CT molecular complexity index is 625. The van der Waals surface area contributed by atoms with E-state index in [0.717, 1.165) is 17.9 Å². The van der Waals surface area contributed by atoms with E-state index in [0.29, 0.717) is 18.3 Å². The van der Waals surface area contributed by atoms with E-state index in [1.165, 1.54) is 5.56 Å². The third-order valence-corrected chi connectivity index (χ3v) is 4.14. The number of benzene rings is 1. The molecule has 1 fully saturated rings. The molecule has 6 heteroatoms. The Morgan fingerprint density at radius 3 is 2.95 bits per heavy atom. The molecule has 1 atom stereocenters. The molecule has 1 unspecified atom stereocenters. The summed E-state index contributed by atoms with van der Waals surface area (Å²) in [6.07, 6.45) is 2.01. The van der Waals surface area contributed by atoms with E-state index in [9.17, 15) is 0 Å². The van der Waals surface area contributed by atoms with Crippen molar-refractivity contribution in [1.29, 1.82) is 0 Å². The molecular weight excluding hydrogens is 290 g/mol. The highest BCUT2D eigenvalue weighted by molar-refractivity contribution is 6.30. The van der Waals surface area contributed by atoms with Gasteiger partial charge in [0.2, 0.25) is 5.89 Å². The van der Waals surface area contributed by atoms with Crippen molar-refractivity contribution in [2.75, 3.05) is 7.11 Å². The van der Waals surface area contributed by atoms with Crippen LogP contribution in [0.2, 0.25) is 5.02 Å². The highest BCUT2D eigenvalue weighted by Gasteiger charge is 2.44. The molecule has 1 heterocycles. The largest absolute Gasteiger partial charge is 0.374 e. The number of hydrogen-bond donors (Lipinski definition) is 1. The minimum absolute atomic E-state index is 0.00753. The molecule has 0 bridgehead atoms. The van der Waals surface area contributed by atoms with E-state index in [-0.39, 0.29) is 11.6 Å². The number of nitrogens with zero attached hydrogens (tertiary/aromatic N) is 2. The van der Waals surface area contributed by atoms with Gasteiger partial charge in [-0.25, -0.2) is 0 Å². The Hall–Kier alpha value is -1.43. The fourth-order valence-corrected chi connectivity index (χ4v) is 2.52. The number of rotatable bonds is 6. The molecule has 1 N–H and O–H groups in total. The average molecular weight is 308 g/mol. The van der Waals surface area contributed by atoms with Crippen molar-refractivity contribution >= 4 is 11.6 Å². The molecule has 1 aromatic heterocycles. The summed E-state index contributed by atoms with van der Waals surface area (Å²) in [5.41, 5.74) is 1.20. The smallest absolute Gasteiger partial charge is 0.240 e. The van der Waals surface area contributed by atoms with Crippen LogP contribution in [0.4, 0.5) is 0 Å². The molecule has 0 aliphatic heterocycles. The molecule has 1 aliphatic carbocycles. The van der Waals surface area contributed by atoms with Gasteiger partial charge < -0.3 is 9.26 Å². The van der Waals surface area contributed by atoms with E-state index < -0.39 is 0 Å². The van der Waals surface area contributed by atoms with Crippen LogP contribution in [0.15, 0.2) is 28.8 Å². The maximum Gasteiger partial charge on any atom is 0.240 e. The first-order valence-corrected chi connectivity index (χ1v) is 7.37. The summed E-state index contributed by atoms with van der Waals surface area (Å²) in [6, 6.07) is 7.97. The Balaban J connectivity index is 1.66. The maximum atomic E-state index is 6.07. The van der Waals surface area contributed by atoms with E-state index in [1.807, 2.05) is 25.1 Å². The van der Waals surface area contributed by atoms with Crippen molar-refractivity contribution in [3.05, 3.63) is 46.6 Å². The van der Waals surface area contributed by atoms with Gasteiger partial charge in [-0.05, 0) is 37.5 Å². The average Bonchev–Trinajstić information content (AvgIpc) is 3.15. The van der Waals surface area contributed by atoms with Crippen molar-refractivity contribution in [2.45, 2.75) is 38.0 Å². The lowest BCUT2D eigenvalue weighted by Gasteiger charge is -2.16. The number of nitrogens with one attached hydrogen (secondary N) is 1. The summed E-state index contributed by atoms with van der Waals surface area (Å²) >= 11 is 6.07. The van der Waals surface area contributed by atoms with Crippen molar-refractivity contribution in [3.8, 4) is 0 Å². The van der Waals surface area contributed by atoms with Gasteiger partial charge in [0.05, 0.1) is 6.54 Å². The topological polar surface area (TPSA) is 60.2 Å². The second-order valence-corrected chi connectivity index (χ2v) is 5.81. The van der Waals surface area contributed by atoms with Crippen LogP contribution in [0.5, 0.6) is 0 Å². The van der Waals surface area contributed by atoms with Gasteiger partial charge in [-0.3, -0.25) is 5.32 Å². The molecule has 2 aromatic rings. The first kappa shape index (κ1) is 14.5. The van der Waals surface area contributed by atoms with Crippen LogP contribution in [-0.2, 0) is 16.8 Å². The summed E-state index contributed by atoms with van der Waals surface area (Å²) in [5.74, 6) is 1.14. The number of methoxy groups -OCH3 is 1. The molecule has 0 saturated heterocycles. The zero-order chi connectivity index (χ0) is 14.9. The summed E-state index contributed by atoms with van der Waals surface area (Å²) in [5, 5.41) is 8.19. The predicted molar refractivity (Wildman–Crippen MR) is 78.9 cm³/mol. The zero-order valence-corrected chi connectivity index (χ0v) is 12.9. The van der Waals surface area contributed by atoms with Crippen LogP contribution in [0, 0.1) is 0 Å². The third-order valence-electron chi connectivity index (χ3n) is 3.91. The molecule has 112 valence electrons. The van der Waals surface area contributed by atoms with Gasteiger partial charge in [0.15, 0.2) is 5.82 Å². The molecule has 3 rings (SSSR count). The van der Waals surface area contributed by atoms with E-state index in [2.05, 4.69) is 21.5 Å². The standard InChI is InChI=1S/C15H18ClN3O2/c1-10(20-2)14-18-13(21-19-14)9-17-15(6-7-15)11-4-3-5-12(16)8-11/h3-5,8,10,17H,6-7,9H2,1-2H3. The number of ether oxygens (including phenoxy) is 1. The van der Waals surface area contributed by atoms with Crippen LogP contribution < -0.4 is 5.32 Å². The predicted octanol–water partition coefficient (Wildman–Crippen LogP) is 3.21. The fraction of sp³-hybridized carbons (Fsp3) is 0.467. The molecule has 21 heavy (non-hydrogen) atoms. The van der Waals surface area contributed by atoms with Crippen molar-refractivity contribution < 1.29 is 9.26 Å².